The molecule has 84 valence electrons. The van der Waals surface area contributed by atoms with Gasteiger partial charge in [0, 0.05) is 19.7 Å². The van der Waals surface area contributed by atoms with Crippen LogP contribution in [0.25, 0.3) is 0 Å². The number of likely N-dealkylation sites (N-methyl/N-ethyl adjacent to an activating group) is 1. The van der Waals surface area contributed by atoms with E-state index in [1.54, 1.807) is 0 Å². The standard InChI is InChI=1S/C12H18FNO/c1-14(8-2-10-15)9-7-11-3-5-12(13)6-4-11/h3-6,15H,2,7-10H2,1H3. The first-order valence-electron chi connectivity index (χ1n) is 5.26. The number of rotatable bonds is 6. The quantitative estimate of drug-likeness (QED) is 0.774. The summed E-state index contributed by atoms with van der Waals surface area (Å²) in [6.07, 6.45) is 1.72. The summed E-state index contributed by atoms with van der Waals surface area (Å²) in [6, 6.07) is 6.61. The van der Waals surface area contributed by atoms with Crippen LogP contribution in [0.1, 0.15) is 12.0 Å². The molecule has 1 aromatic rings. The van der Waals surface area contributed by atoms with Crippen molar-refractivity contribution >= 4 is 0 Å². The first kappa shape index (κ1) is 12.1. The van der Waals surface area contributed by atoms with Crippen LogP contribution >= 0.6 is 0 Å². The average Bonchev–Trinajstić information content (AvgIpc) is 2.25. The predicted molar refractivity (Wildman–Crippen MR) is 59.3 cm³/mol. The van der Waals surface area contributed by atoms with Crippen molar-refractivity contribution in [2.75, 3.05) is 26.7 Å². The first-order chi connectivity index (χ1) is 7.22. The molecule has 0 saturated carbocycles. The topological polar surface area (TPSA) is 23.5 Å². The van der Waals surface area contributed by atoms with E-state index in [9.17, 15) is 4.39 Å². The van der Waals surface area contributed by atoms with Gasteiger partial charge in [-0.1, -0.05) is 12.1 Å². The lowest BCUT2D eigenvalue weighted by Crippen LogP contribution is -2.23. The molecule has 0 heterocycles. The van der Waals surface area contributed by atoms with Crippen molar-refractivity contribution in [3.05, 3.63) is 35.6 Å². The smallest absolute Gasteiger partial charge is 0.123 e. The molecule has 1 aromatic carbocycles. The van der Waals surface area contributed by atoms with E-state index in [1.807, 2.05) is 19.2 Å². The highest BCUT2D eigenvalue weighted by molar-refractivity contribution is 5.16. The van der Waals surface area contributed by atoms with Crippen molar-refractivity contribution in [1.82, 2.24) is 4.90 Å². The second-order valence-electron chi connectivity index (χ2n) is 3.76. The lowest BCUT2D eigenvalue weighted by Gasteiger charge is -2.15. The molecule has 15 heavy (non-hydrogen) atoms. The fourth-order valence-electron chi connectivity index (χ4n) is 1.42. The zero-order chi connectivity index (χ0) is 11.1. The van der Waals surface area contributed by atoms with E-state index in [4.69, 9.17) is 5.11 Å². The fourth-order valence-corrected chi connectivity index (χ4v) is 1.42. The molecular weight excluding hydrogens is 193 g/mol. The van der Waals surface area contributed by atoms with Gasteiger partial charge in [-0.2, -0.15) is 0 Å². The number of aliphatic hydroxyl groups is 1. The predicted octanol–water partition coefficient (Wildman–Crippen LogP) is 1.68. The minimum atomic E-state index is -0.188. The van der Waals surface area contributed by atoms with Crippen LogP contribution in [0, 0.1) is 5.82 Å². The second-order valence-corrected chi connectivity index (χ2v) is 3.76. The van der Waals surface area contributed by atoms with E-state index in [0.717, 1.165) is 31.5 Å². The van der Waals surface area contributed by atoms with Crippen molar-refractivity contribution in [1.29, 1.82) is 0 Å². The summed E-state index contributed by atoms with van der Waals surface area (Å²) in [5.74, 6) is -0.188. The van der Waals surface area contributed by atoms with E-state index in [1.165, 1.54) is 12.1 Å². The molecule has 0 aliphatic rings. The van der Waals surface area contributed by atoms with Crippen LogP contribution in [0.15, 0.2) is 24.3 Å². The molecule has 0 spiro atoms. The second kappa shape index (κ2) is 6.53. The SMILES string of the molecule is CN(CCCO)CCc1ccc(F)cc1. The van der Waals surface area contributed by atoms with Crippen LogP contribution in [0.5, 0.6) is 0 Å². The Bertz CT molecular complexity index is 273. The number of halogens is 1. The Morgan fingerprint density at radius 2 is 1.87 bits per heavy atom. The van der Waals surface area contributed by atoms with Gasteiger partial charge in [0.1, 0.15) is 5.82 Å². The molecule has 0 aromatic heterocycles. The molecule has 0 aliphatic carbocycles. The lowest BCUT2D eigenvalue weighted by molar-refractivity contribution is 0.248. The highest BCUT2D eigenvalue weighted by Crippen LogP contribution is 2.04. The molecular formula is C12H18FNO. The van der Waals surface area contributed by atoms with Crippen LogP contribution in [-0.2, 0) is 6.42 Å². The van der Waals surface area contributed by atoms with Gasteiger partial charge in [-0.05, 0) is 37.6 Å². The summed E-state index contributed by atoms with van der Waals surface area (Å²) in [5, 5.41) is 8.66. The Morgan fingerprint density at radius 1 is 1.20 bits per heavy atom. The highest BCUT2D eigenvalue weighted by atomic mass is 19.1. The molecule has 0 radical (unpaired) electrons. The normalized spacial score (nSPS) is 10.9. The van der Waals surface area contributed by atoms with Gasteiger partial charge in [0.15, 0.2) is 0 Å². The van der Waals surface area contributed by atoms with E-state index in [0.29, 0.717) is 0 Å². The number of nitrogens with zero attached hydrogens (tertiary/aromatic N) is 1. The summed E-state index contributed by atoms with van der Waals surface area (Å²) >= 11 is 0. The van der Waals surface area contributed by atoms with E-state index >= 15 is 0 Å². The van der Waals surface area contributed by atoms with E-state index in [-0.39, 0.29) is 12.4 Å². The molecule has 0 amide bonds. The molecule has 0 aliphatic heterocycles. The summed E-state index contributed by atoms with van der Waals surface area (Å²) < 4.78 is 12.6. The minimum Gasteiger partial charge on any atom is -0.396 e. The molecule has 0 fully saturated rings. The van der Waals surface area contributed by atoms with Gasteiger partial charge >= 0.3 is 0 Å². The molecule has 0 bridgehead atoms. The Balaban J connectivity index is 2.27. The van der Waals surface area contributed by atoms with Gasteiger partial charge in [-0.15, -0.1) is 0 Å². The monoisotopic (exact) mass is 211 g/mol. The summed E-state index contributed by atoms with van der Waals surface area (Å²) in [5.41, 5.74) is 1.15. The molecule has 0 atom stereocenters. The number of hydrogen-bond acceptors (Lipinski definition) is 2. The third-order valence-electron chi connectivity index (χ3n) is 2.39. The molecule has 0 unspecified atom stereocenters. The number of benzene rings is 1. The third kappa shape index (κ3) is 4.91. The fraction of sp³-hybridized carbons (Fsp3) is 0.500. The summed E-state index contributed by atoms with van der Waals surface area (Å²) in [4.78, 5) is 2.17. The van der Waals surface area contributed by atoms with E-state index in [2.05, 4.69) is 4.90 Å². The maximum absolute atomic E-state index is 12.6. The average molecular weight is 211 g/mol. The van der Waals surface area contributed by atoms with Crippen LogP contribution in [0.4, 0.5) is 4.39 Å². The molecule has 3 heteroatoms. The zero-order valence-electron chi connectivity index (χ0n) is 9.12. The maximum Gasteiger partial charge on any atom is 0.123 e. The molecule has 2 nitrogen and oxygen atoms in total. The molecule has 0 saturated heterocycles. The largest absolute Gasteiger partial charge is 0.396 e. The first-order valence-corrected chi connectivity index (χ1v) is 5.26. The van der Waals surface area contributed by atoms with Crippen LogP contribution < -0.4 is 0 Å². The van der Waals surface area contributed by atoms with Crippen molar-refractivity contribution in [3.63, 3.8) is 0 Å². The van der Waals surface area contributed by atoms with Crippen molar-refractivity contribution in [3.8, 4) is 0 Å². The Hall–Kier alpha value is -0.930. The van der Waals surface area contributed by atoms with Crippen LogP contribution in [0.3, 0.4) is 0 Å². The Kier molecular flexibility index (Phi) is 5.29. The number of aliphatic hydroxyl groups excluding tert-OH is 1. The molecule has 1 N–H and O–H groups in total. The highest BCUT2D eigenvalue weighted by Gasteiger charge is 1.99. The summed E-state index contributed by atoms with van der Waals surface area (Å²) in [7, 11) is 2.03. The van der Waals surface area contributed by atoms with Gasteiger partial charge in [0.25, 0.3) is 0 Å². The van der Waals surface area contributed by atoms with Crippen molar-refractivity contribution in [2.45, 2.75) is 12.8 Å². The van der Waals surface area contributed by atoms with Crippen LogP contribution in [0.2, 0.25) is 0 Å². The van der Waals surface area contributed by atoms with Crippen LogP contribution in [-0.4, -0.2) is 36.8 Å². The molecule has 1 rings (SSSR count). The van der Waals surface area contributed by atoms with Gasteiger partial charge in [-0.3, -0.25) is 0 Å². The van der Waals surface area contributed by atoms with Crippen molar-refractivity contribution < 1.29 is 9.50 Å². The summed E-state index contributed by atoms with van der Waals surface area (Å²) in [6.45, 7) is 2.07. The zero-order valence-corrected chi connectivity index (χ0v) is 9.12. The number of hydrogen-bond donors (Lipinski definition) is 1. The third-order valence-corrected chi connectivity index (χ3v) is 2.39. The van der Waals surface area contributed by atoms with Gasteiger partial charge in [-0.25, -0.2) is 4.39 Å². The minimum absolute atomic E-state index is 0.188. The van der Waals surface area contributed by atoms with Gasteiger partial charge in [0.2, 0.25) is 0 Å². The van der Waals surface area contributed by atoms with Gasteiger partial charge < -0.3 is 10.0 Å². The van der Waals surface area contributed by atoms with E-state index < -0.39 is 0 Å². The maximum atomic E-state index is 12.6. The lowest BCUT2D eigenvalue weighted by atomic mass is 10.1. The Labute approximate surface area is 90.3 Å². The van der Waals surface area contributed by atoms with Crippen molar-refractivity contribution in [2.24, 2.45) is 0 Å². The Morgan fingerprint density at radius 3 is 2.47 bits per heavy atom. The van der Waals surface area contributed by atoms with Gasteiger partial charge in [0.05, 0.1) is 0 Å².